The Kier molecular flexibility index (Phi) is 5.52. The molecule has 0 bridgehead atoms. The predicted octanol–water partition coefficient (Wildman–Crippen LogP) is 2.69. The van der Waals surface area contributed by atoms with E-state index in [0.717, 1.165) is 0 Å². The second-order valence-corrected chi connectivity index (χ2v) is 5.63. The lowest BCUT2D eigenvalue weighted by molar-refractivity contribution is 0.0257. The molecule has 0 saturated carbocycles. The van der Waals surface area contributed by atoms with Crippen LogP contribution >= 0.6 is 15.9 Å². The highest BCUT2D eigenvalue weighted by Gasteiger charge is 2.17. The van der Waals surface area contributed by atoms with Crippen molar-refractivity contribution in [2.75, 3.05) is 19.0 Å². The quantitative estimate of drug-likeness (QED) is 0.766. The fourth-order valence-electron chi connectivity index (χ4n) is 1.28. The number of nitrogens with one attached hydrogen (secondary N) is 2. The molecular weight excluding hydrogens is 328 g/mol. The van der Waals surface area contributed by atoms with Gasteiger partial charge in [-0.25, -0.2) is 9.59 Å². The van der Waals surface area contributed by atoms with Gasteiger partial charge in [0.25, 0.3) is 0 Å². The zero-order valence-corrected chi connectivity index (χ0v) is 13.1. The van der Waals surface area contributed by atoms with Crippen molar-refractivity contribution in [2.45, 2.75) is 19.4 Å². The third-order valence-electron chi connectivity index (χ3n) is 2.69. The van der Waals surface area contributed by atoms with Gasteiger partial charge in [0.05, 0.1) is 16.9 Å². The molecule has 7 heteroatoms. The number of hydrogen-bond acceptors (Lipinski definition) is 3. The molecule has 0 aliphatic carbocycles. The zero-order valence-electron chi connectivity index (χ0n) is 11.5. The Labute approximate surface area is 125 Å². The van der Waals surface area contributed by atoms with Crippen molar-refractivity contribution in [1.82, 2.24) is 5.32 Å². The maximum Gasteiger partial charge on any atom is 0.335 e. The molecule has 1 aromatic carbocycles. The van der Waals surface area contributed by atoms with Gasteiger partial charge in [-0.3, -0.25) is 0 Å². The number of carbonyl (C=O) groups excluding carboxylic acids is 1. The highest BCUT2D eigenvalue weighted by molar-refractivity contribution is 9.10. The summed E-state index contributed by atoms with van der Waals surface area (Å²) >= 11 is 3.22. The van der Waals surface area contributed by atoms with Crippen LogP contribution in [0.25, 0.3) is 0 Å². The predicted molar refractivity (Wildman–Crippen MR) is 79.2 cm³/mol. The molecule has 0 aliphatic rings. The minimum atomic E-state index is -1.02. The summed E-state index contributed by atoms with van der Waals surface area (Å²) < 4.78 is 5.69. The number of benzene rings is 1. The monoisotopic (exact) mass is 344 g/mol. The molecule has 0 spiro atoms. The molecular formula is C13H17BrN2O4. The zero-order chi connectivity index (χ0) is 15.3. The third kappa shape index (κ3) is 4.82. The van der Waals surface area contributed by atoms with Crippen molar-refractivity contribution in [3.8, 4) is 0 Å². The van der Waals surface area contributed by atoms with Gasteiger partial charge >= 0.3 is 12.0 Å². The summed E-state index contributed by atoms with van der Waals surface area (Å²) in [7, 11) is 1.57. The Morgan fingerprint density at radius 2 is 2.05 bits per heavy atom. The van der Waals surface area contributed by atoms with E-state index in [2.05, 4.69) is 26.6 Å². The standard InChI is InChI=1S/C13H17BrN2O4/c1-13(2,20-3)7-15-12(19)16-10-5-4-8(11(17)18)6-9(10)14/h4-6H,7H2,1-3H3,(H,17,18)(H2,15,16,19). The average molecular weight is 345 g/mol. The number of rotatable bonds is 5. The molecule has 0 fully saturated rings. The first-order valence-electron chi connectivity index (χ1n) is 5.88. The first kappa shape index (κ1) is 16.5. The highest BCUT2D eigenvalue weighted by Crippen LogP contribution is 2.23. The molecule has 1 rings (SSSR count). The average Bonchev–Trinajstić information content (AvgIpc) is 2.39. The number of methoxy groups -OCH3 is 1. The summed E-state index contributed by atoms with van der Waals surface area (Å²) in [5, 5.41) is 14.2. The number of anilines is 1. The lowest BCUT2D eigenvalue weighted by Crippen LogP contribution is -2.41. The van der Waals surface area contributed by atoms with E-state index in [1.165, 1.54) is 18.2 Å². The lowest BCUT2D eigenvalue weighted by atomic mass is 10.1. The molecule has 0 saturated heterocycles. The molecule has 0 heterocycles. The fourth-order valence-corrected chi connectivity index (χ4v) is 1.76. The molecule has 0 radical (unpaired) electrons. The van der Waals surface area contributed by atoms with Crippen molar-refractivity contribution in [1.29, 1.82) is 0 Å². The van der Waals surface area contributed by atoms with Gasteiger partial charge < -0.3 is 20.5 Å². The first-order chi connectivity index (χ1) is 9.25. The van der Waals surface area contributed by atoms with E-state index in [1.807, 2.05) is 13.8 Å². The molecule has 110 valence electrons. The van der Waals surface area contributed by atoms with Crippen LogP contribution in [-0.4, -0.2) is 36.4 Å². The van der Waals surface area contributed by atoms with Gasteiger partial charge in [-0.1, -0.05) is 0 Å². The second-order valence-electron chi connectivity index (χ2n) is 4.77. The van der Waals surface area contributed by atoms with Crippen molar-refractivity contribution < 1.29 is 19.4 Å². The number of carboxylic acids is 1. The van der Waals surface area contributed by atoms with E-state index in [-0.39, 0.29) is 11.6 Å². The van der Waals surface area contributed by atoms with Crippen LogP contribution in [0.1, 0.15) is 24.2 Å². The maximum absolute atomic E-state index is 11.7. The summed E-state index contributed by atoms with van der Waals surface area (Å²) in [6.07, 6.45) is 0. The van der Waals surface area contributed by atoms with Gasteiger partial charge in [0, 0.05) is 18.1 Å². The minimum Gasteiger partial charge on any atom is -0.478 e. The topological polar surface area (TPSA) is 87.7 Å². The van der Waals surface area contributed by atoms with Crippen LogP contribution in [0.4, 0.5) is 10.5 Å². The minimum absolute atomic E-state index is 0.142. The number of urea groups is 1. The van der Waals surface area contributed by atoms with Crippen LogP contribution in [0, 0.1) is 0 Å². The first-order valence-corrected chi connectivity index (χ1v) is 6.67. The number of hydrogen-bond donors (Lipinski definition) is 3. The Bertz CT molecular complexity index is 517. The van der Waals surface area contributed by atoms with Crippen LogP contribution in [0.15, 0.2) is 22.7 Å². The van der Waals surface area contributed by atoms with Crippen molar-refractivity contribution in [3.05, 3.63) is 28.2 Å². The summed E-state index contributed by atoms with van der Waals surface area (Å²) in [6, 6.07) is 3.98. The molecule has 0 unspecified atom stereocenters. The fraction of sp³-hybridized carbons (Fsp3) is 0.385. The van der Waals surface area contributed by atoms with E-state index >= 15 is 0 Å². The third-order valence-corrected chi connectivity index (χ3v) is 3.35. The summed E-state index contributed by atoms with van der Waals surface area (Å²) in [4.78, 5) is 22.5. The van der Waals surface area contributed by atoms with Gasteiger partial charge in [-0.2, -0.15) is 0 Å². The SMILES string of the molecule is COC(C)(C)CNC(=O)Nc1ccc(C(=O)O)cc1Br. The van der Waals surface area contributed by atoms with Gasteiger partial charge in [0.2, 0.25) is 0 Å². The molecule has 20 heavy (non-hydrogen) atoms. The van der Waals surface area contributed by atoms with E-state index in [9.17, 15) is 9.59 Å². The van der Waals surface area contributed by atoms with Crippen molar-refractivity contribution in [2.24, 2.45) is 0 Å². The lowest BCUT2D eigenvalue weighted by Gasteiger charge is -2.23. The van der Waals surface area contributed by atoms with Gasteiger partial charge in [-0.05, 0) is 48.0 Å². The molecule has 6 nitrogen and oxygen atoms in total. The Balaban J connectivity index is 2.65. The molecule has 0 aliphatic heterocycles. The smallest absolute Gasteiger partial charge is 0.335 e. The van der Waals surface area contributed by atoms with E-state index in [4.69, 9.17) is 9.84 Å². The molecule has 1 aromatic rings. The van der Waals surface area contributed by atoms with Crippen LogP contribution < -0.4 is 10.6 Å². The van der Waals surface area contributed by atoms with Crippen LogP contribution in [-0.2, 0) is 4.74 Å². The maximum atomic E-state index is 11.7. The normalized spacial score (nSPS) is 11.0. The Morgan fingerprint density at radius 3 is 2.55 bits per heavy atom. The second kappa shape index (κ2) is 6.71. The van der Waals surface area contributed by atoms with Crippen LogP contribution in [0.2, 0.25) is 0 Å². The molecule has 2 amide bonds. The molecule has 0 aromatic heterocycles. The summed E-state index contributed by atoms with van der Waals surface area (Å²) in [5.74, 6) is -1.02. The molecule has 0 atom stereocenters. The summed E-state index contributed by atoms with van der Waals surface area (Å²) in [5.41, 5.74) is 0.174. The number of halogens is 1. The van der Waals surface area contributed by atoms with Gasteiger partial charge in [-0.15, -0.1) is 0 Å². The van der Waals surface area contributed by atoms with E-state index in [0.29, 0.717) is 16.7 Å². The largest absolute Gasteiger partial charge is 0.478 e. The Hall–Kier alpha value is -1.60. The Morgan fingerprint density at radius 1 is 1.40 bits per heavy atom. The number of amides is 2. The van der Waals surface area contributed by atoms with E-state index in [1.54, 1.807) is 7.11 Å². The van der Waals surface area contributed by atoms with Crippen LogP contribution in [0.5, 0.6) is 0 Å². The number of carbonyl (C=O) groups is 2. The van der Waals surface area contributed by atoms with Crippen molar-refractivity contribution in [3.63, 3.8) is 0 Å². The number of aromatic carboxylic acids is 1. The molecule has 3 N–H and O–H groups in total. The summed E-state index contributed by atoms with van der Waals surface area (Å²) in [6.45, 7) is 4.05. The van der Waals surface area contributed by atoms with Crippen molar-refractivity contribution >= 4 is 33.6 Å². The number of carboxylic acid groups (broad SMARTS) is 1. The van der Waals surface area contributed by atoms with E-state index < -0.39 is 11.6 Å². The van der Waals surface area contributed by atoms with Gasteiger partial charge in [0.1, 0.15) is 0 Å². The van der Waals surface area contributed by atoms with Gasteiger partial charge in [0.15, 0.2) is 0 Å². The number of ether oxygens (including phenoxy) is 1. The van der Waals surface area contributed by atoms with Crippen LogP contribution in [0.3, 0.4) is 0 Å². The highest BCUT2D eigenvalue weighted by atomic mass is 79.9.